The van der Waals surface area contributed by atoms with E-state index in [0.29, 0.717) is 16.3 Å². The second-order valence-corrected chi connectivity index (χ2v) is 6.03. The van der Waals surface area contributed by atoms with Crippen LogP contribution in [0.15, 0.2) is 24.3 Å². The highest BCUT2D eigenvalue weighted by Gasteiger charge is 2.26. The minimum Gasteiger partial charge on any atom is -0.494 e. The Balaban J connectivity index is 2.79. The van der Waals surface area contributed by atoms with Gasteiger partial charge in [0.15, 0.2) is 0 Å². The summed E-state index contributed by atoms with van der Waals surface area (Å²) in [6.45, 7) is 0. The van der Waals surface area contributed by atoms with E-state index in [4.69, 9.17) is 51.1 Å². The summed E-state index contributed by atoms with van der Waals surface area (Å²) >= 11 is 23.5. The number of ether oxygens (including phenoxy) is 1. The summed E-state index contributed by atoms with van der Waals surface area (Å²) in [6.07, 6.45) is 0. The number of fused-ring (bicyclic) bond motifs is 1. The minimum absolute atomic E-state index is 0.268. The molecule has 0 atom stereocenters. The number of hydrogen-bond donors (Lipinski definition) is 0. The van der Waals surface area contributed by atoms with Crippen molar-refractivity contribution < 1.29 is 4.74 Å². The second kappa shape index (κ2) is 4.69. The smallest absolute Gasteiger partial charge is 0.232 e. The van der Waals surface area contributed by atoms with E-state index in [1.54, 1.807) is 13.2 Å². The van der Waals surface area contributed by atoms with Crippen molar-refractivity contribution in [1.82, 2.24) is 4.98 Å². The van der Waals surface area contributed by atoms with E-state index in [-0.39, 0.29) is 5.69 Å². The van der Waals surface area contributed by atoms with E-state index < -0.39 is 3.79 Å². The molecule has 0 unspecified atom stereocenters. The average molecular weight is 311 g/mol. The number of halogens is 4. The molecule has 0 bridgehead atoms. The van der Waals surface area contributed by atoms with Crippen molar-refractivity contribution in [1.29, 1.82) is 0 Å². The Morgan fingerprint density at radius 1 is 1.24 bits per heavy atom. The van der Waals surface area contributed by atoms with Crippen LogP contribution in [0, 0.1) is 0 Å². The molecule has 0 saturated carbocycles. The molecular weight excluding hydrogens is 304 g/mol. The van der Waals surface area contributed by atoms with Crippen molar-refractivity contribution >= 4 is 57.3 Å². The Hall–Kier alpha value is -0.410. The third kappa shape index (κ3) is 2.55. The summed E-state index contributed by atoms with van der Waals surface area (Å²) in [7, 11) is 1.55. The highest BCUT2D eigenvalue weighted by molar-refractivity contribution is 6.66. The van der Waals surface area contributed by atoms with E-state index in [1.807, 2.05) is 12.1 Å². The zero-order chi connectivity index (χ0) is 12.6. The van der Waals surface area contributed by atoms with Crippen molar-refractivity contribution in [2.75, 3.05) is 7.11 Å². The maximum absolute atomic E-state index is 6.13. The largest absolute Gasteiger partial charge is 0.494 e. The van der Waals surface area contributed by atoms with Crippen LogP contribution in [0.25, 0.3) is 10.9 Å². The number of methoxy groups -OCH3 is 1. The molecule has 0 amide bonds. The fraction of sp³-hybridized carbons (Fsp3) is 0.182. The van der Waals surface area contributed by atoms with Crippen LogP contribution in [0.2, 0.25) is 5.02 Å². The zero-order valence-electron chi connectivity index (χ0n) is 8.68. The van der Waals surface area contributed by atoms with Gasteiger partial charge in [-0.15, -0.1) is 0 Å². The van der Waals surface area contributed by atoms with Gasteiger partial charge in [-0.1, -0.05) is 58.5 Å². The van der Waals surface area contributed by atoms with Gasteiger partial charge in [0.05, 0.1) is 17.8 Å². The molecule has 17 heavy (non-hydrogen) atoms. The van der Waals surface area contributed by atoms with Crippen molar-refractivity contribution in [3.05, 3.63) is 35.0 Å². The second-order valence-electron chi connectivity index (χ2n) is 3.34. The number of pyridine rings is 1. The van der Waals surface area contributed by atoms with Crippen molar-refractivity contribution in [2.24, 2.45) is 0 Å². The summed E-state index contributed by atoms with van der Waals surface area (Å²) in [5.74, 6) is 0.584. The molecule has 2 rings (SSSR count). The summed E-state index contributed by atoms with van der Waals surface area (Å²) in [5.41, 5.74) is 0.841. The lowest BCUT2D eigenvalue weighted by atomic mass is 10.2. The molecule has 0 fully saturated rings. The molecule has 2 aromatic rings. The molecule has 1 aromatic carbocycles. The van der Waals surface area contributed by atoms with Crippen LogP contribution in [-0.2, 0) is 3.79 Å². The van der Waals surface area contributed by atoms with Crippen LogP contribution in [0.4, 0.5) is 0 Å². The van der Waals surface area contributed by atoms with E-state index in [2.05, 4.69) is 4.98 Å². The lowest BCUT2D eigenvalue weighted by Crippen LogP contribution is -2.04. The Bertz CT molecular complexity index is 565. The van der Waals surface area contributed by atoms with Gasteiger partial charge in [-0.3, -0.25) is 0 Å². The highest BCUT2D eigenvalue weighted by atomic mass is 35.6. The SMILES string of the molecule is COc1cccc2c(Cl)cc(C(Cl)(Cl)Cl)nc12. The molecule has 6 heteroatoms. The lowest BCUT2D eigenvalue weighted by Gasteiger charge is -2.13. The van der Waals surface area contributed by atoms with Gasteiger partial charge in [0.25, 0.3) is 0 Å². The Morgan fingerprint density at radius 3 is 2.53 bits per heavy atom. The van der Waals surface area contributed by atoms with Crippen LogP contribution in [0.3, 0.4) is 0 Å². The molecule has 0 aliphatic carbocycles. The van der Waals surface area contributed by atoms with Gasteiger partial charge < -0.3 is 4.74 Å². The molecule has 0 spiro atoms. The quantitative estimate of drug-likeness (QED) is 0.711. The molecule has 90 valence electrons. The van der Waals surface area contributed by atoms with E-state index >= 15 is 0 Å². The van der Waals surface area contributed by atoms with Crippen molar-refractivity contribution in [3.8, 4) is 5.75 Å². The molecule has 2 nitrogen and oxygen atoms in total. The molecule has 0 aliphatic rings. The summed E-state index contributed by atoms with van der Waals surface area (Å²) in [6, 6.07) is 6.96. The van der Waals surface area contributed by atoms with Gasteiger partial charge in [-0.05, 0) is 12.1 Å². The first kappa shape index (κ1) is 13.0. The molecule has 0 N–H and O–H groups in total. The minimum atomic E-state index is -1.61. The number of alkyl halides is 3. The fourth-order valence-corrected chi connectivity index (χ4v) is 2.04. The van der Waals surface area contributed by atoms with Crippen LogP contribution < -0.4 is 4.74 Å². The first-order chi connectivity index (χ1) is 7.93. The van der Waals surface area contributed by atoms with Gasteiger partial charge in [-0.25, -0.2) is 4.98 Å². The van der Waals surface area contributed by atoms with Crippen molar-refractivity contribution in [2.45, 2.75) is 3.79 Å². The van der Waals surface area contributed by atoms with Gasteiger partial charge in [0.2, 0.25) is 3.79 Å². The number of hydrogen-bond acceptors (Lipinski definition) is 2. The first-order valence-corrected chi connectivity index (χ1v) is 6.15. The van der Waals surface area contributed by atoms with Gasteiger partial charge in [0.1, 0.15) is 11.3 Å². The molecular formula is C11H7Cl4NO. The molecule has 1 aromatic heterocycles. The van der Waals surface area contributed by atoms with Crippen LogP contribution >= 0.6 is 46.4 Å². The predicted molar refractivity (Wildman–Crippen MR) is 72.5 cm³/mol. The van der Waals surface area contributed by atoms with Crippen molar-refractivity contribution in [3.63, 3.8) is 0 Å². The monoisotopic (exact) mass is 309 g/mol. The normalized spacial score (nSPS) is 11.8. The average Bonchev–Trinajstić information content (AvgIpc) is 2.27. The number of benzene rings is 1. The topological polar surface area (TPSA) is 22.1 Å². The maximum atomic E-state index is 6.13. The zero-order valence-corrected chi connectivity index (χ0v) is 11.7. The Morgan fingerprint density at radius 2 is 1.94 bits per heavy atom. The molecule has 0 aliphatic heterocycles. The first-order valence-electron chi connectivity index (χ1n) is 4.64. The Labute approximate surface area is 118 Å². The van der Waals surface area contributed by atoms with Gasteiger partial charge in [-0.2, -0.15) is 0 Å². The predicted octanol–water partition coefficient (Wildman–Crippen LogP) is 4.72. The number of rotatable bonds is 1. The number of aromatic nitrogens is 1. The summed E-state index contributed by atoms with van der Waals surface area (Å²) in [4.78, 5) is 4.27. The molecule has 1 heterocycles. The van der Waals surface area contributed by atoms with Crippen LogP contribution in [-0.4, -0.2) is 12.1 Å². The summed E-state index contributed by atoms with van der Waals surface area (Å²) in [5, 5.41) is 1.22. The highest BCUT2D eigenvalue weighted by Crippen LogP contribution is 2.40. The lowest BCUT2D eigenvalue weighted by molar-refractivity contribution is 0.419. The van der Waals surface area contributed by atoms with E-state index in [9.17, 15) is 0 Å². The standard InChI is InChI=1S/C11H7Cl4NO/c1-17-8-4-2-3-6-7(12)5-9(11(13,14)15)16-10(6)8/h2-5H,1H3. The summed E-state index contributed by atoms with van der Waals surface area (Å²) < 4.78 is 3.59. The number of para-hydroxylation sites is 1. The maximum Gasteiger partial charge on any atom is 0.232 e. The number of nitrogens with zero attached hydrogens (tertiary/aromatic N) is 1. The van der Waals surface area contributed by atoms with Gasteiger partial charge in [0, 0.05) is 5.39 Å². The fourth-order valence-electron chi connectivity index (χ4n) is 1.49. The Kier molecular flexibility index (Phi) is 3.60. The molecule has 0 saturated heterocycles. The third-order valence-electron chi connectivity index (χ3n) is 2.26. The molecule has 0 radical (unpaired) electrons. The van der Waals surface area contributed by atoms with E-state index in [1.165, 1.54) is 6.07 Å². The van der Waals surface area contributed by atoms with E-state index in [0.717, 1.165) is 5.39 Å². The van der Waals surface area contributed by atoms with Crippen LogP contribution in [0.1, 0.15) is 5.69 Å². The van der Waals surface area contributed by atoms with Gasteiger partial charge >= 0.3 is 0 Å². The third-order valence-corrected chi connectivity index (χ3v) is 3.16. The van der Waals surface area contributed by atoms with Crippen LogP contribution in [0.5, 0.6) is 5.75 Å².